The average molecular weight is 263 g/mol. The van der Waals surface area contributed by atoms with Gasteiger partial charge in [-0.25, -0.2) is 15.0 Å². The number of nitrogens with one attached hydrogen (secondary N) is 1. The van der Waals surface area contributed by atoms with Crippen molar-refractivity contribution in [1.82, 2.24) is 24.7 Å². The number of thiocarbonyl (C=S) groups is 1. The molecule has 0 bridgehead atoms. The van der Waals surface area contributed by atoms with Crippen LogP contribution in [0.25, 0.3) is 0 Å². The molecule has 0 unspecified atom stereocenters. The molecule has 0 aromatic carbocycles. The lowest BCUT2D eigenvalue weighted by atomic mass is 10.3. The Balaban J connectivity index is 1.96. The number of aromatic nitrogens is 5. The predicted octanol–water partition coefficient (Wildman–Crippen LogP) is -0.106. The van der Waals surface area contributed by atoms with E-state index in [1.165, 1.54) is 0 Å². The molecule has 0 saturated heterocycles. The molecule has 0 atom stereocenters. The van der Waals surface area contributed by atoms with Crippen molar-refractivity contribution in [3.05, 3.63) is 30.2 Å². The van der Waals surface area contributed by atoms with Crippen LogP contribution < -0.4 is 11.1 Å². The summed E-state index contributed by atoms with van der Waals surface area (Å²) in [6, 6.07) is 0. The maximum atomic E-state index is 5.56. The van der Waals surface area contributed by atoms with Gasteiger partial charge in [0.1, 0.15) is 17.0 Å². The van der Waals surface area contributed by atoms with E-state index in [0.29, 0.717) is 24.5 Å². The van der Waals surface area contributed by atoms with Gasteiger partial charge in [-0.3, -0.25) is 4.68 Å². The molecule has 2 aromatic heterocycles. The second-order valence-electron chi connectivity index (χ2n) is 3.63. The summed E-state index contributed by atoms with van der Waals surface area (Å²) >= 11 is 4.90. The minimum Gasteiger partial charge on any atom is -0.388 e. The molecule has 3 N–H and O–H groups in total. The first-order valence-electron chi connectivity index (χ1n) is 5.36. The second kappa shape index (κ2) is 5.50. The van der Waals surface area contributed by atoms with E-state index in [2.05, 4.69) is 25.4 Å². The minimum absolute atomic E-state index is 0.224. The molecule has 0 aliphatic rings. The molecule has 0 radical (unpaired) electrons. The van der Waals surface area contributed by atoms with E-state index in [0.717, 1.165) is 5.82 Å². The van der Waals surface area contributed by atoms with E-state index in [4.69, 9.17) is 18.0 Å². The summed E-state index contributed by atoms with van der Waals surface area (Å²) in [4.78, 5) is 12.6. The topological polar surface area (TPSA) is 94.5 Å². The van der Waals surface area contributed by atoms with Gasteiger partial charge < -0.3 is 11.1 Å². The number of anilines is 1. The summed E-state index contributed by atoms with van der Waals surface area (Å²) in [6.45, 7) is 0.637. The van der Waals surface area contributed by atoms with Crippen LogP contribution in [0.5, 0.6) is 0 Å². The Morgan fingerprint density at radius 2 is 2.17 bits per heavy atom. The predicted molar refractivity (Wildman–Crippen MR) is 71.1 cm³/mol. The maximum Gasteiger partial charge on any atom is 0.155 e. The van der Waals surface area contributed by atoms with Gasteiger partial charge in [-0.15, -0.1) is 0 Å². The third-order valence-electron chi connectivity index (χ3n) is 2.22. The Morgan fingerprint density at radius 1 is 1.39 bits per heavy atom. The zero-order valence-corrected chi connectivity index (χ0v) is 10.7. The quantitative estimate of drug-likeness (QED) is 0.727. The molecule has 8 heteroatoms. The van der Waals surface area contributed by atoms with Gasteiger partial charge in [-0.05, 0) is 0 Å². The number of hydrogen-bond donors (Lipinski definition) is 2. The van der Waals surface area contributed by atoms with Crippen molar-refractivity contribution < 1.29 is 0 Å². The summed E-state index contributed by atoms with van der Waals surface area (Å²) in [5, 5.41) is 7.30. The summed E-state index contributed by atoms with van der Waals surface area (Å²) in [6.07, 6.45) is 5.50. The Morgan fingerprint density at radius 3 is 2.83 bits per heavy atom. The lowest BCUT2D eigenvalue weighted by Gasteiger charge is -2.07. The molecule has 2 rings (SSSR count). The van der Waals surface area contributed by atoms with Crippen LogP contribution in [-0.4, -0.2) is 36.3 Å². The van der Waals surface area contributed by atoms with Gasteiger partial charge in [0.25, 0.3) is 0 Å². The molecule has 18 heavy (non-hydrogen) atoms. The summed E-state index contributed by atoms with van der Waals surface area (Å²) in [7, 11) is 1.83. The highest BCUT2D eigenvalue weighted by Crippen LogP contribution is 2.07. The first-order chi connectivity index (χ1) is 8.66. The summed E-state index contributed by atoms with van der Waals surface area (Å²) < 4.78 is 1.66. The molecule has 7 nitrogen and oxygen atoms in total. The van der Waals surface area contributed by atoms with Gasteiger partial charge in [-0.1, -0.05) is 12.2 Å². The first kappa shape index (κ1) is 12.4. The highest BCUT2D eigenvalue weighted by molar-refractivity contribution is 7.80. The van der Waals surface area contributed by atoms with Crippen LogP contribution in [0.1, 0.15) is 11.5 Å². The molecule has 0 aliphatic carbocycles. The minimum atomic E-state index is 0.224. The number of nitrogens with two attached hydrogens (primary N) is 1. The molecule has 0 spiro atoms. The first-order valence-corrected chi connectivity index (χ1v) is 5.77. The number of aryl methyl sites for hydroxylation is 1. The third-order valence-corrected chi connectivity index (χ3v) is 2.41. The maximum absolute atomic E-state index is 5.56. The fourth-order valence-corrected chi connectivity index (χ4v) is 1.59. The van der Waals surface area contributed by atoms with Gasteiger partial charge in [0, 0.05) is 32.4 Å². The van der Waals surface area contributed by atoms with E-state index in [1.54, 1.807) is 23.4 Å². The Kier molecular flexibility index (Phi) is 3.78. The van der Waals surface area contributed by atoms with Crippen molar-refractivity contribution in [2.45, 2.75) is 6.42 Å². The molecule has 0 aliphatic heterocycles. The van der Waals surface area contributed by atoms with Crippen LogP contribution in [0.4, 0.5) is 5.82 Å². The number of nitrogens with zero attached hydrogens (tertiary/aromatic N) is 5. The molecular formula is C10H13N7S. The largest absolute Gasteiger partial charge is 0.388 e. The van der Waals surface area contributed by atoms with Crippen molar-refractivity contribution in [2.75, 3.05) is 11.9 Å². The molecular weight excluding hydrogens is 250 g/mol. The van der Waals surface area contributed by atoms with Crippen molar-refractivity contribution in [1.29, 1.82) is 0 Å². The van der Waals surface area contributed by atoms with Gasteiger partial charge in [-0.2, -0.15) is 5.10 Å². The molecule has 0 saturated carbocycles. The Bertz CT molecular complexity index is 551. The highest BCUT2D eigenvalue weighted by atomic mass is 32.1. The summed E-state index contributed by atoms with van der Waals surface area (Å²) in [5.74, 6) is 1.35. The van der Waals surface area contributed by atoms with Gasteiger partial charge in [0.05, 0.1) is 0 Å². The van der Waals surface area contributed by atoms with Gasteiger partial charge in [0.2, 0.25) is 0 Å². The fourth-order valence-electron chi connectivity index (χ4n) is 1.44. The average Bonchev–Trinajstić information content (AvgIpc) is 2.75. The SMILES string of the molecule is Cn1cnc(CCNc2nccnc2C(N)=S)n1. The molecule has 0 amide bonds. The van der Waals surface area contributed by atoms with Crippen LogP contribution in [0.3, 0.4) is 0 Å². The Labute approximate surface area is 109 Å². The van der Waals surface area contributed by atoms with Crippen molar-refractivity contribution in [3.8, 4) is 0 Å². The zero-order chi connectivity index (χ0) is 13.0. The lowest BCUT2D eigenvalue weighted by molar-refractivity contribution is 0.741. The van der Waals surface area contributed by atoms with Crippen LogP contribution in [0.15, 0.2) is 18.7 Å². The smallest absolute Gasteiger partial charge is 0.155 e. The normalized spacial score (nSPS) is 10.3. The third kappa shape index (κ3) is 2.98. The van der Waals surface area contributed by atoms with Crippen LogP contribution in [0.2, 0.25) is 0 Å². The molecule has 2 heterocycles. The second-order valence-corrected chi connectivity index (χ2v) is 4.07. The van der Waals surface area contributed by atoms with Crippen LogP contribution in [-0.2, 0) is 13.5 Å². The number of hydrogen-bond acceptors (Lipinski definition) is 6. The molecule has 2 aromatic rings. The lowest BCUT2D eigenvalue weighted by Crippen LogP contribution is -2.17. The van der Waals surface area contributed by atoms with E-state index >= 15 is 0 Å². The van der Waals surface area contributed by atoms with Crippen molar-refractivity contribution >= 4 is 23.0 Å². The standard InChI is InChI=1S/C10H13N7S/c1-17-6-15-7(16-17)2-3-13-10-8(9(11)18)12-4-5-14-10/h4-6H,2-3H2,1H3,(H2,11,18)(H,13,14). The van der Waals surface area contributed by atoms with E-state index < -0.39 is 0 Å². The van der Waals surface area contributed by atoms with E-state index in [1.807, 2.05) is 7.05 Å². The number of rotatable bonds is 5. The van der Waals surface area contributed by atoms with Gasteiger partial charge >= 0.3 is 0 Å². The molecule has 0 fully saturated rings. The zero-order valence-electron chi connectivity index (χ0n) is 9.87. The molecule has 94 valence electrons. The van der Waals surface area contributed by atoms with Gasteiger partial charge in [0.15, 0.2) is 11.6 Å². The van der Waals surface area contributed by atoms with Crippen molar-refractivity contribution in [2.24, 2.45) is 12.8 Å². The van der Waals surface area contributed by atoms with Crippen LogP contribution >= 0.6 is 12.2 Å². The van der Waals surface area contributed by atoms with Crippen LogP contribution in [0, 0.1) is 0 Å². The fraction of sp³-hybridized carbons (Fsp3) is 0.300. The Hall–Kier alpha value is -2.09. The monoisotopic (exact) mass is 263 g/mol. The highest BCUT2D eigenvalue weighted by Gasteiger charge is 2.07. The van der Waals surface area contributed by atoms with E-state index in [-0.39, 0.29) is 4.99 Å². The van der Waals surface area contributed by atoms with E-state index in [9.17, 15) is 0 Å². The summed E-state index contributed by atoms with van der Waals surface area (Å²) in [5.41, 5.74) is 6.06. The van der Waals surface area contributed by atoms with Crippen molar-refractivity contribution in [3.63, 3.8) is 0 Å².